The Labute approximate surface area is 224 Å². The van der Waals surface area contributed by atoms with E-state index < -0.39 is 17.7 Å². The molecule has 8 heteroatoms. The van der Waals surface area contributed by atoms with E-state index in [9.17, 15) is 14.7 Å². The molecule has 1 aliphatic heterocycles. The Morgan fingerprint density at radius 1 is 1.00 bits per heavy atom. The lowest BCUT2D eigenvalue weighted by Gasteiger charge is -2.25. The zero-order valence-electron chi connectivity index (χ0n) is 21.2. The van der Waals surface area contributed by atoms with Gasteiger partial charge >= 0.3 is 0 Å². The summed E-state index contributed by atoms with van der Waals surface area (Å²) in [4.78, 5) is 32.8. The van der Waals surface area contributed by atoms with Crippen molar-refractivity contribution in [2.75, 3.05) is 0 Å². The minimum absolute atomic E-state index is 0.0134. The van der Waals surface area contributed by atoms with Gasteiger partial charge in [0.1, 0.15) is 29.5 Å². The molecule has 0 radical (unpaired) electrons. The van der Waals surface area contributed by atoms with E-state index in [-0.39, 0.29) is 17.9 Å². The number of nitrogens with zero attached hydrogens (tertiary/aromatic N) is 3. The van der Waals surface area contributed by atoms with Crippen molar-refractivity contribution >= 4 is 23.1 Å². The molecule has 1 N–H and O–H groups in total. The van der Waals surface area contributed by atoms with Crippen LogP contribution in [0, 0.1) is 6.92 Å². The van der Waals surface area contributed by atoms with E-state index in [1.807, 2.05) is 66.7 Å². The average Bonchev–Trinajstić information content (AvgIpc) is 3.65. The van der Waals surface area contributed by atoms with E-state index in [0.717, 1.165) is 5.56 Å². The van der Waals surface area contributed by atoms with E-state index in [0.29, 0.717) is 40.7 Å². The highest BCUT2D eigenvalue weighted by atomic mass is 16.5. The minimum Gasteiger partial charge on any atom is -0.505 e. The number of amides is 1. The number of carbonyl (C=O) groups is 2. The first-order valence-electron chi connectivity index (χ1n) is 12.5. The SMILES string of the molecule is Cc1nc2ccccn2c1C(O)=C1C(=O)C(=O)N(Cc2ccco2)C1c1cccc(OCc2ccccc2)c1. The smallest absolute Gasteiger partial charge is 0.296 e. The van der Waals surface area contributed by atoms with Gasteiger partial charge in [-0.3, -0.25) is 14.0 Å². The molecule has 2 aromatic carbocycles. The van der Waals surface area contributed by atoms with Gasteiger partial charge < -0.3 is 19.2 Å². The number of ketones is 1. The number of imidazole rings is 1. The molecule has 1 unspecified atom stereocenters. The first-order valence-corrected chi connectivity index (χ1v) is 12.5. The van der Waals surface area contributed by atoms with Crippen molar-refractivity contribution in [1.82, 2.24) is 14.3 Å². The van der Waals surface area contributed by atoms with Crippen molar-refractivity contribution in [1.29, 1.82) is 0 Å². The van der Waals surface area contributed by atoms with Crippen LogP contribution in [-0.2, 0) is 22.7 Å². The minimum atomic E-state index is -0.871. The Morgan fingerprint density at radius 3 is 2.62 bits per heavy atom. The second kappa shape index (κ2) is 9.98. The molecule has 0 aliphatic carbocycles. The summed E-state index contributed by atoms with van der Waals surface area (Å²) >= 11 is 0. The van der Waals surface area contributed by atoms with E-state index in [4.69, 9.17) is 9.15 Å². The number of aryl methyl sites for hydroxylation is 1. The monoisotopic (exact) mass is 519 g/mol. The van der Waals surface area contributed by atoms with Crippen molar-refractivity contribution in [2.24, 2.45) is 0 Å². The van der Waals surface area contributed by atoms with E-state index in [2.05, 4.69) is 4.98 Å². The van der Waals surface area contributed by atoms with E-state index >= 15 is 0 Å². The van der Waals surface area contributed by atoms with Gasteiger partial charge in [-0.2, -0.15) is 0 Å². The van der Waals surface area contributed by atoms with Crippen LogP contribution in [0.2, 0.25) is 0 Å². The number of furan rings is 1. The molecule has 1 saturated heterocycles. The van der Waals surface area contributed by atoms with Gasteiger partial charge in [-0.05, 0) is 54.4 Å². The molecule has 4 heterocycles. The summed E-state index contributed by atoms with van der Waals surface area (Å²) < 4.78 is 13.2. The van der Waals surface area contributed by atoms with Gasteiger partial charge in [0.05, 0.1) is 30.1 Å². The van der Waals surface area contributed by atoms with E-state index in [1.54, 1.807) is 35.7 Å². The van der Waals surface area contributed by atoms with Crippen molar-refractivity contribution in [3.63, 3.8) is 0 Å². The van der Waals surface area contributed by atoms with Crippen molar-refractivity contribution in [3.05, 3.63) is 131 Å². The fraction of sp³-hybridized carbons (Fsp3) is 0.129. The molecule has 0 bridgehead atoms. The number of hydrogen-bond acceptors (Lipinski definition) is 6. The Hall–Kier alpha value is -5.11. The number of Topliss-reactive ketones (excluding diaryl/α,β-unsaturated/α-hetero) is 1. The van der Waals surface area contributed by atoms with Gasteiger partial charge in [-0.25, -0.2) is 4.98 Å². The van der Waals surface area contributed by atoms with Crippen LogP contribution >= 0.6 is 0 Å². The topological polar surface area (TPSA) is 97.3 Å². The first-order chi connectivity index (χ1) is 19.0. The lowest BCUT2D eigenvalue weighted by atomic mass is 9.96. The summed E-state index contributed by atoms with van der Waals surface area (Å²) in [5, 5.41) is 11.6. The summed E-state index contributed by atoms with van der Waals surface area (Å²) in [6.07, 6.45) is 3.27. The summed E-state index contributed by atoms with van der Waals surface area (Å²) in [6, 6.07) is 25.1. The number of fused-ring (bicyclic) bond motifs is 1. The zero-order valence-corrected chi connectivity index (χ0v) is 21.2. The normalized spacial score (nSPS) is 16.7. The third-order valence-corrected chi connectivity index (χ3v) is 6.80. The Balaban J connectivity index is 1.46. The first kappa shape index (κ1) is 24.2. The highest BCUT2D eigenvalue weighted by Crippen LogP contribution is 2.41. The number of pyridine rings is 1. The second-order valence-corrected chi connectivity index (χ2v) is 9.33. The quantitative estimate of drug-likeness (QED) is 0.175. The van der Waals surface area contributed by atoms with Crippen LogP contribution in [0.25, 0.3) is 11.4 Å². The highest BCUT2D eigenvalue weighted by molar-refractivity contribution is 6.46. The van der Waals surface area contributed by atoms with Crippen LogP contribution in [-0.4, -0.2) is 31.1 Å². The number of rotatable bonds is 7. The number of likely N-dealkylation sites (tertiary alicyclic amines) is 1. The molecule has 5 aromatic rings. The Morgan fingerprint density at radius 2 is 1.82 bits per heavy atom. The molecule has 6 rings (SSSR count). The number of aliphatic hydroxyl groups is 1. The standard InChI is InChI=1S/C31H25N3O5/c1-20-27(33-15-6-5-14-25(33)32-20)29(35)26-28(34(31(37)30(26)36)18-24-13-8-16-38-24)22-11-7-12-23(17-22)39-19-21-9-3-2-4-10-21/h2-17,28,35H,18-19H2,1H3. The number of benzene rings is 2. The molecular weight excluding hydrogens is 494 g/mol. The molecule has 8 nitrogen and oxygen atoms in total. The Bertz CT molecular complexity index is 1700. The number of hydrogen-bond donors (Lipinski definition) is 1. The van der Waals surface area contributed by atoms with Crippen molar-refractivity contribution in [2.45, 2.75) is 26.1 Å². The van der Waals surface area contributed by atoms with Crippen molar-refractivity contribution < 1.29 is 23.8 Å². The van der Waals surface area contributed by atoms with Gasteiger partial charge in [0.25, 0.3) is 11.7 Å². The third-order valence-electron chi connectivity index (χ3n) is 6.80. The average molecular weight is 520 g/mol. The number of aromatic nitrogens is 2. The highest BCUT2D eigenvalue weighted by Gasteiger charge is 2.47. The second-order valence-electron chi connectivity index (χ2n) is 9.33. The van der Waals surface area contributed by atoms with Crippen LogP contribution < -0.4 is 4.74 Å². The zero-order chi connectivity index (χ0) is 26.9. The van der Waals surface area contributed by atoms with Gasteiger partial charge in [0.15, 0.2) is 5.76 Å². The maximum absolute atomic E-state index is 13.5. The van der Waals surface area contributed by atoms with Gasteiger partial charge in [0.2, 0.25) is 0 Å². The fourth-order valence-electron chi connectivity index (χ4n) is 5.00. The maximum atomic E-state index is 13.5. The van der Waals surface area contributed by atoms with Crippen LogP contribution in [0.4, 0.5) is 0 Å². The van der Waals surface area contributed by atoms with Gasteiger partial charge in [0, 0.05) is 6.20 Å². The summed E-state index contributed by atoms with van der Waals surface area (Å²) in [5.74, 6) is -0.688. The molecule has 3 aromatic heterocycles. The van der Waals surface area contributed by atoms with Gasteiger partial charge in [-0.15, -0.1) is 0 Å². The van der Waals surface area contributed by atoms with Crippen LogP contribution in [0.1, 0.15) is 34.3 Å². The maximum Gasteiger partial charge on any atom is 0.296 e. The van der Waals surface area contributed by atoms with Crippen LogP contribution in [0.3, 0.4) is 0 Å². The largest absolute Gasteiger partial charge is 0.505 e. The Kier molecular flexibility index (Phi) is 6.20. The van der Waals surface area contributed by atoms with Crippen LogP contribution in [0.5, 0.6) is 5.75 Å². The molecule has 1 aliphatic rings. The van der Waals surface area contributed by atoms with E-state index in [1.165, 1.54) is 11.2 Å². The van der Waals surface area contributed by atoms with Crippen LogP contribution in [0.15, 0.2) is 107 Å². The summed E-state index contributed by atoms with van der Waals surface area (Å²) in [7, 11) is 0. The summed E-state index contributed by atoms with van der Waals surface area (Å²) in [6.45, 7) is 2.17. The molecular formula is C31H25N3O5. The van der Waals surface area contributed by atoms with Crippen molar-refractivity contribution in [3.8, 4) is 5.75 Å². The predicted molar refractivity (Wildman–Crippen MR) is 144 cm³/mol. The number of carbonyl (C=O) groups excluding carboxylic acids is 2. The molecule has 1 atom stereocenters. The molecule has 194 valence electrons. The van der Waals surface area contributed by atoms with Gasteiger partial charge in [-0.1, -0.05) is 48.5 Å². The molecule has 39 heavy (non-hydrogen) atoms. The lowest BCUT2D eigenvalue weighted by Crippen LogP contribution is -2.29. The molecule has 0 spiro atoms. The number of aliphatic hydroxyl groups excluding tert-OH is 1. The fourth-order valence-corrected chi connectivity index (χ4v) is 5.00. The third kappa shape index (κ3) is 4.46. The molecule has 1 amide bonds. The predicted octanol–water partition coefficient (Wildman–Crippen LogP) is 5.44. The number of ether oxygens (including phenoxy) is 1. The lowest BCUT2D eigenvalue weighted by molar-refractivity contribution is -0.140. The molecule has 1 fully saturated rings. The molecule has 0 saturated carbocycles. The summed E-state index contributed by atoms with van der Waals surface area (Å²) in [5.41, 5.74) is 3.14.